The van der Waals surface area contributed by atoms with Gasteiger partial charge in [0, 0.05) is 37.1 Å². The molecule has 1 aliphatic rings. The highest BCUT2D eigenvalue weighted by Gasteiger charge is 2.37. The summed E-state index contributed by atoms with van der Waals surface area (Å²) in [5.74, 6) is 0.245. The van der Waals surface area contributed by atoms with E-state index in [1.54, 1.807) is 6.07 Å². The Morgan fingerprint density at radius 3 is 2.44 bits per heavy atom. The Labute approximate surface area is 215 Å². The number of carbonyl (C=O) groups is 1. The van der Waals surface area contributed by atoms with Gasteiger partial charge in [-0.25, -0.2) is 14.4 Å². The number of hydrogen-bond donors (Lipinski definition) is 1. The molecule has 0 amide bonds. The number of benzene rings is 1. The Hall–Kier alpha value is -2.52. The van der Waals surface area contributed by atoms with Gasteiger partial charge in [0.25, 0.3) is 0 Å². The van der Waals surface area contributed by atoms with Crippen molar-refractivity contribution in [2.75, 3.05) is 24.6 Å². The molecule has 36 heavy (non-hydrogen) atoms. The molecule has 1 fully saturated rings. The minimum atomic E-state index is -1.80. The minimum absolute atomic E-state index is 0.166. The van der Waals surface area contributed by atoms with Crippen molar-refractivity contribution in [3.05, 3.63) is 47.5 Å². The van der Waals surface area contributed by atoms with Gasteiger partial charge in [0.2, 0.25) is 5.95 Å². The van der Waals surface area contributed by atoms with Gasteiger partial charge in [0.1, 0.15) is 11.6 Å². The van der Waals surface area contributed by atoms with Crippen molar-refractivity contribution in [3.8, 4) is 5.75 Å². The zero-order valence-electron chi connectivity index (χ0n) is 22.2. The second-order valence-corrected chi connectivity index (χ2v) is 16.0. The maximum Gasteiger partial charge on any atom is 0.307 e. The van der Waals surface area contributed by atoms with Gasteiger partial charge in [-0.15, -0.1) is 0 Å². The molecule has 2 aromatic rings. The van der Waals surface area contributed by atoms with E-state index in [-0.39, 0.29) is 17.0 Å². The number of ether oxygens (including phenoxy) is 1. The van der Waals surface area contributed by atoms with Crippen LogP contribution in [0.25, 0.3) is 0 Å². The number of carboxylic acid groups (broad SMARTS) is 1. The summed E-state index contributed by atoms with van der Waals surface area (Å²) in [6, 6.07) is 4.37. The van der Waals surface area contributed by atoms with Crippen LogP contribution in [-0.4, -0.2) is 49.1 Å². The molecule has 0 unspecified atom stereocenters. The molecule has 3 rings (SSSR count). The first-order chi connectivity index (χ1) is 16.9. The van der Waals surface area contributed by atoms with Crippen LogP contribution in [0, 0.1) is 11.7 Å². The number of halogens is 1. The largest absolute Gasteiger partial charge is 0.493 e. The van der Waals surface area contributed by atoms with Crippen LogP contribution in [0.2, 0.25) is 18.1 Å². The van der Waals surface area contributed by atoms with Crippen LogP contribution < -0.4 is 9.64 Å². The molecule has 0 aliphatic carbocycles. The second-order valence-electron chi connectivity index (χ2n) is 11.2. The summed E-state index contributed by atoms with van der Waals surface area (Å²) in [5, 5.41) is 8.98. The Balaban J connectivity index is 1.36. The van der Waals surface area contributed by atoms with E-state index < -0.39 is 20.1 Å². The Morgan fingerprint density at radius 1 is 1.19 bits per heavy atom. The van der Waals surface area contributed by atoms with Crippen molar-refractivity contribution in [1.82, 2.24) is 9.97 Å². The number of rotatable bonds is 11. The summed E-state index contributed by atoms with van der Waals surface area (Å²) in [7, 11) is -1.80. The molecular formula is C27H40FN3O4Si. The fourth-order valence-corrected chi connectivity index (χ4v) is 4.93. The van der Waals surface area contributed by atoms with Crippen molar-refractivity contribution in [2.24, 2.45) is 5.92 Å². The Morgan fingerprint density at radius 2 is 1.86 bits per heavy atom. The molecule has 0 saturated carbocycles. The van der Waals surface area contributed by atoms with Crippen LogP contribution in [-0.2, 0) is 22.2 Å². The number of piperidine rings is 1. The highest BCUT2D eigenvalue weighted by atomic mass is 28.4. The normalized spacial score (nSPS) is 15.2. The van der Waals surface area contributed by atoms with Crippen LogP contribution in [0.1, 0.15) is 57.6 Å². The monoisotopic (exact) mass is 517 g/mol. The van der Waals surface area contributed by atoms with Crippen LogP contribution >= 0.6 is 0 Å². The molecule has 7 nitrogen and oxygen atoms in total. The van der Waals surface area contributed by atoms with Gasteiger partial charge in [-0.05, 0) is 61.4 Å². The van der Waals surface area contributed by atoms with E-state index >= 15 is 0 Å². The van der Waals surface area contributed by atoms with E-state index in [1.807, 2.05) is 12.4 Å². The van der Waals surface area contributed by atoms with Crippen LogP contribution in [0.4, 0.5) is 10.3 Å². The summed E-state index contributed by atoms with van der Waals surface area (Å²) in [5.41, 5.74) is 1.18. The maximum atomic E-state index is 14.0. The predicted molar refractivity (Wildman–Crippen MR) is 141 cm³/mol. The highest BCUT2D eigenvalue weighted by Crippen LogP contribution is 2.37. The standard InChI is InChI=1S/C27H40FN3O4Si/c1-27(2,3)36(4,5)35-19-21-17-29-26(30-18-21)31-12-10-20(11-13-31)7-6-14-34-23-9-8-22(15-25(32)33)24(28)16-23/h8-9,16-18,20H,6-7,10-15,19H2,1-5H3,(H,32,33). The van der Waals surface area contributed by atoms with E-state index in [2.05, 4.69) is 48.7 Å². The number of aromatic nitrogens is 2. The number of hydrogen-bond acceptors (Lipinski definition) is 6. The third-order valence-electron chi connectivity index (χ3n) is 7.39. The number of carboxylic acids is 1. The van der Waals surface area contributed by atoms with Crippen LogP contribution in [0.5, 0.6) is 5.75 Å². The van der Waals surface area contributed by atoms with Gasteiger partial charge >= 0.3 is 5.97 Å². The van der Waals surface area contributed by atoms with Crippen LogP contribution in [0.3, 0.4) is 0 Å². The summed E-state index contributed by atoms with van der Waals surface area (Å²) in [4.78, 5) is 22.2. The zero-order valence-corrected chi connectivity index (χ0v) is 23.2. The molecule has 1 saturated heterocycles. The lowest BCUT2D eigenvalue weighted by Gasteiger charge is -2.36. The summed E-state index contributed by atoms with van der Waals surface area (Å²) < 4.78 is 25.9. The Kier molecular flexibility index (Phi) is 9.46. The summed E-state index contributed by atoms with van der Waals surface area (Å²) in [6.45, 7) is 14.1. The third kappa shape index (κ3) is 7.99. The molecule has 1 N–H and O–H groups in total. The zero-order chi connectivity index (χ0) is 26.3. The van der Waals surface area contributed by atoms with Gasteiger partial charge in [-0.3, -0.25) is 4.79 Å². The van der Waals surface area contributed by atoms with E-state index in [1.165, 1.54) is 12.1 Å². The fourth-order valence-electron chi connectivity index (χ4n) is 3.97. The molecule has 198 valence electrons. The molecule has 2 heterocycles. The van der Waals surface area contributed by atoms with Gasteiger partial charge in [0.05, 0.1) is 19.6 Å². The lowest BCUT2D eigenvalue weighted by atomic mass is 9.92. The minimum Gasteiger partial charge on any atom is -0.493 e. The van der Waals surface area contributed by atoms with Crippen molar-refractivity contribution < 1.29 is 23.5 Å². The molecule has 1 aromatic heterocycles. The first-order valence-electron chi connectivity index (χ1n) is 12.8. The SMILES string of the molecule is CC(C)(C)[Si](C)(C)OCc1cnc(N2CCC(CCCOc3ccc(CC(=O)O)c(F)c3)CC2)nc1. The molecule has 0 radical (unpaired) electrons. The third-order valence-corrected chi connectivity index (χ3v) is 11.9. The van der Waals surface area contributed by atoms with Gasteiger partial charge in [-0.2, -0.15) is 0 Å². The van der Waals surface area contributed by atoms with Gasteiger partial charge in [-0.1, -0.05) is 26.8 Å². The van der Waals surface area contributed by atoms with E-state index in [9.17, 15) is 9.18 Å². The van der Waals surface area contributed by atoms with Crippen molar-refractivity contribution in [2.45, 2.75) is 77.6 Å². The molecule has 9 heteroatoms. The molecule has 0 bridgehead atoms. The first-order valence-corrected chi connectivity index (χ1v) is 15.7. The van der Waals surface area contributed by atoms with Crippen molar-refractivity contribution in [1.29, 1.82) is 0 Å². The van der Waals surface area contributed by atoms with Crippen molar-refractivity contribution >= 4 is 20.2 Å². The topological polar surface area (TPSA) is 84.8 Å². The number of anilines is 1. The molecule has 1 aromatic carbocycles. The lowest BCUT2D eigenvalue weighted by molar-refractivity contribution is -0.136. The van der Waals surface area contributed by atoms with E-state index in [0.29, 0.717) is 24.9 Å². The predicted octanol–water partition coefficient (Wildman–Crippen LogP) is 5.84. The number of nitrogens with zero attached hydrogens (tertiary/aromatic N) is 3. The quantitative estimate of drug-likeness (QED) is 0.296. The summed E-state index contributed by atoms with van der Waals surface area (Å²) in [6.07, 6.45) is 7.55. The molecule has 1 aliphatic heterocycles. The molecular weight excluding hydrogens is 477 g/mol. The fraction of sp³-hybridized carbons (Fsp3) is 0.593. The Bertz CT molecular complexity index is 1000. The summed E-state index contributed by atoms with van der Waals surface area (Å²) >= 11 is 0. The highest BCUT2D eigenvalue weighted by molar-refractivity contribution is 6.74. The number of aliphatic carboxylic acids is 1. The van der Waals surface area contributed by atoms with E-state index in [0.717, 1.165) is 50.3 Å². The first kappa shape index (κ1) is 28.1. The average Bonchev–Trinajstić information content (AvgIpc) is 2.82. The van der Waals surface area contributed by atoms with Gasteiger partial charge < -0.3 is 19.2 Å². The smallest absolute Gasteiger partial charge is 0.307 e. The maximum absolute atomic E-state index is 14.0. The van der Waals surface area contributed by atoms with E-state index in [4.69, 9.17) is 14.3 Å². The average molecular weight is 518 g/mol. The lowest BCUT2D eigenvalue weighted by Crippen LogP contribution is -2.40. The molecule has 0 spiro atoms. The van der Waals surface area contributed by atoms with Crippen molar-refractivity contribution in [3.63, 3.8) is 0 Å². The van der Waals surface area contributed by atoms with Gasteiger partial charge in [0.15, 0.2) is 8.32 Å². The second kappa shape index (κ2) is 12.1. The van der Waals surface area contributed by atoms with Crippen LogP contribution in [0.15, 0.2) is 30.6 Å². The molecule has 0 atom stereocenters.